The normalized spacial score (nSPS) is 17.4. The van der Waals surface area contributed by atoms with Crippen molar-refractivity contribution in [2.24, 2.45) is 0 Å². The van der Waals surface area contributed by atoms with Crippen LogP contribution >= 0.6 is 0 Å². The zero-order valence-electron chi connectivity index (χ0n) is 22.5. The Labute approximate surface area is 224 Å². The number of rotatable bonds is 8. The topological polar surface area (TPSA) is 62.3 Å². The van der Waals surface area contributed by atoms with E-state index in [4.69, 9.17) is 9.47 Å². The van der Waals surface area contributed by atoms with Gasteiger partial charge in [0.15, 0.2) is 11.5 Å². The maximum atomic E-state index is 13.9. The number of nitrogens with zero attached hydrogens (tertiary/aromatic N) is 3. The van der Waals surface area contributed by atoms with Crippen molar-refractivity contribution in [3.8, 4) is 11.5 Å². The van der Waals surface area contributed by atoms with Crippen LogP contribution in [0, 0.1) is 0 Å². The van der Waals surface area contributed by atoms with Crippen LogP contribution in [0.4, 0.5) is 5.69 Å². The van der Waals surface area contributed by atoms with Crippen LogP contribution in [0.2, 0.25) is 0 Å². The predicted molar refractivity (Wildman–Crippen MR) is 148 cm³/mol. The van der Waals surface area contributed by atoms with E-state index in [2.05, 4.69) is 41.0 Å². The summed E-state index contributed by atoms with van der Waals surface area (Å²) in [6, 6.07) is 21.7. The van der Waals surface area contributed by atoms with E-state index < -0.39 is 6.04 Å². The number of amides is 2. The van der Waals surface area contributed by atoms with Crippen LogP contribution in [0.25, 0.3) is 0 Å². The largest absolute Gasteiger partial charge is 0.493 e. The van der Waals surface area contributed by atoms with Crippen LogP contribution in [0.3, 0.4) is 0 Å². The van der Waals surface area contributed by atoms with Gasteiger partial charge in [0.2, 0.25) is 0 Å². The highest BCUT2D eigenvalue weighted by Crippen LogP contribution is 2.40. The molecular weight excluding hydrogens is 478 g/mol. The maximum absolute atomic E-state index is 13.9. The van der Waals surface area contributed by atoms with Gasteiger partial charge in [-0.1, -0.05) is 49.4 Å². The third-order valence-electron chi connectivity index (χ3n) is 7.90. The molecule has 38 heavy (non-hydrogen) atoms. The molecule has 2 heterocycles. The molecule has 2 aliphatic rings. The van der Waals surface area contributed by atoms with Crippen LogP contribution < -0.4 is 14.4 Å². The Morgan fingerprint density at radius 3 is 2.16 bits per heavy atom. The molecule has 0 spiro atoms. The molecule has 5 rings (SSSR count). The molecule has 0 aliphatic carbocycles. The average Bonchev–Trinajstić information content (AvgIpc) is 3.23. The number of piperazine rings is 1. The van der Waals surface area contributed by atoms with Crippen molar-refractivity contribution in [1.82, 2.24) is 9.80 Å². The first-order chi connectivity index (χ1) is 18.5. The molecule has 0 N–H and O–H groups in total. The maximum Gasteiger partial charge on any atom is 0.264 e. The van der Waals surface area contributed by atoms with E-state index in [-0.39, 0.29) is 11.8 Å². The second-order valence-electron chi connectivity index (χ2n) is 9.83. The Balaban J connectivity index is 1.38. The fourth-order valence-corrected chi connectivity index (χ4v) is 5.75. The van der Waals surface area contributed by atoms with E-state index in [1.807, 2.05) is 43.3 Å². The molecule has 1 saturated heterocycles. The van der Waals surface area contributed by atoms with Gasteiger partial charge < -0.3 is 14.4 Å². The molecule has 0 radical (unpaired) electrons. The Bertz CT molecular complexity index is 1320. The summed E-state index contributed by atoms with van der Waals surface area (Å²) < 4.78 is 10.8. The van der Waals surface area contributed by atoms with Gasteiger partial charge in [-0.3, -0.25) is 19.4 Å². The summed E-state index contributed by atoms with van der Waals surface area (Å²) in [5, 5.41) is 0. The first-order valence-corrected chi connectivity index (χ1v) is 13.2. The van der Waals surface area contributed by atoms with Gasteiger partial charge in [0, 0.05) is 32.2 Å². The fraction of sp³-hybridized carbons (Fsp3) is 0.355. The van der Waals surface area contributed by atoms with Crippen molar-refractivity contribution < 1.29 is 19.1 Å². The number of hydrogen-bond acceptors (Lipinski definition) is 6. The van der Waals surface area contributed by atoms with Crippen molar-refractivity contribution in [3.63, 3.8) is 0 Å². The zero-order valence-corrected chi connectivity index (χ0v) is 22.5. The van der Waals surface area contributed by atoms with E-state index in [1.54, 1.807) is 20.3 Å². The van der Waals surface area contributed by atoms with Gasteiger partial charge in [0.1, 0.15) is 0 Å². The van der Waals surface area contributed by atoms with Crippen molar-refractivity contribution in [2.45, 2.75) is 32.4 Å². The second kappa shape index (κ2) is 10.9. The van der Waals surface area contributed by atoms with Crippen LogP contribution in [0.15, 0.2) is 66.7 Å². The monoisotopic (exact) mass is 513 g/mol. The molecule has 2 atom stereocenters. The van der Waals surface area contributed by atoms with Gasteiger partial charge in [-0.25, -0.2) is 0 Å². The number of ether oxygens (including phenoxy) is 2. The third kappa shape index (κ3) is 4.52. The molecule has 198 valence electrons. The molecule has 0 aromatic heterocycles. The Morgan fingerprint density at radius 1 is 0.789 bits per heavy atom. The van der Waals surface area contributed by atoms with Crippen molar-refractivity contribution in [3.05, 3.63) is 89.0 Å². The molecular formula is C31H35N3O4. The summed E-state index contributed by atoms with van der Waals surface area (Å²) in [7, 11) is 3.17. The number of imide groups is 1. The Kier molecular flexibility index (Phi) is 7.38. The first-order valence-electron chi connectivity index (χ1n) is 13.2. The van der Waals surface area contributed by atoms with Gasteiger partial charge in [-0.15, -0.1) is 0 Å². The number of carbonyl (C=O) groups excluding carboxylic acids is 2. The number of benzene rings is 3. The lowest BCUT2D eigenvalue weighted by Crippen LogP contribution is -2.47. The molecule has 7 heteroatoms. The number of methoxy groups -OCH3 is 2. The van der Waals surface area contributed by atoms with Crippen molar-refractivity contribution >= 4 is 17.5 Å². The standard InChI is InChI=1S/C31H35N3O4/c1-5-25(23-14-15-27(37-3)28(20-23)38-4)34-30(35)24-12-9-13-26(29(24)31(34)36)33-18-16-32(17-19-33)21(2)22-10-7-6-8-11-22/h6-15,20-21,25H,5,16-19H2,1-4H3/t21?,25-/m1/s1. The zero-order chi connectivity index (χ0) is 26.8. The molecule has 1 unspecified atom stereocenters. The summed E-state index contributed by atoms with van der Waals surface area (Å²) >= 11 is 0. The Morgan fingerprint density at radius 2 is 1.50 bits per heavy atom. The summed E-state index contributed by atoms with van der Waals surface area (Å²) in [6.07, 6.45) is 0.590. The molecule has 2 amide bonds. The van der Waals surface area contributed by atoms with E-state index >= 15 is 0 Å². The van der Waals surface area contributed by atoms with Gasteiger partial charge in [-0.2, -0.15) is 0 Å². The van der Waals surface area contributed by atoms with Crippen molar-refractivity contribution in [2.75, 3.05) is 45.3 Å². The van der Waals surface area contributed by atoms with E-state index in [9.17, 15) is 9.59 Å². The summed E-state index contributed by atoms with van der Waals surface area (Å²) in [5.74, 6) is 0.701. The number of hydrogen-bond donors (Lipinski definition) is 0. The lowest BCUT2D eigenvalue weighted by Gasteiger charge is -2.39. The Hall–Kier alpha value is -3.84. The number of anilines is 1. The van der Waals surface area contributed by atoms with E-state index in [0.717, 1.165) is 37.4 Å². The first kappa shape index (κ1) is 25.8. The molecule has 0 bridgehead atoms. The van der Waals surface area contributed by atoms with Crippen LogP contribution in [0.5, 0.6) is 11.5 Å². The van der Waals surface area contributed by atoms with Crippen LogP contribution in [-0.2, 0) is 0 Å². The van der Waals surface area contributed by atoms with Gasteiger partial charge in [0.05, 0.1) is 37.1 Å². The minimum Gasteiger partial charge on any atom is -0.493 e. The predicted octanol–water partition coefficient (Wildman–Crippen LogP) is 5.33. The van der Waals surface area contributed by atoms with Crippen molar-refractivity contribution in [1.29, 1.82) is 0 Å². The molecule has 3 aromatic carbocycles. The molecule has 0 saturated carbocycles. The third-order valence-corrected chi connectivity index (χ3v) is 7.90. The highest BCUT2D eigenvalue weighted by molar-refractivity contribution is 6.24. The average molecular weight is 514 g/mol. The number of carbonyl (C=O) groups is 2. The lowest BCUT2D eigenvalue weighted by atomic mass is 10.0. The van der Waals surface area contributed by atoms with E-state index in [0.29, 0.717) is 35.1 Å². The smallest absolute Gasteiger partial charge is 0.264 e. The quantitative estimate of drug-likeness (QED) is 0.379. The summed E-state index contributed by atoms with van der Waals surface area (Å²) in [4.78, 5) is 33.6. The minimum absolute atomic E-state index is 0.234. The SMILES string of the molecule is CC[C@H](c1ccc(OC)c(OC)c1)N1C(=O)c2cccc(N3CCN(C(C)c4ccccc4)CC3)c2C1=O. The molecule has 2 aliphatic heterocycles. The van der Waals surface area contributed by atoms with Gasteiger partial charge in [0.25, 0.3) is 11.8 Å². The molecule has 3 aromatic rings. The summed E-state index contributed by atoms with van der Waals surface area (Å²) in [6.45, 7) is 7.58. The molecule has 7 nitrogen and oxygen atoms in total. The fourth-order valence-electron chi connectivity index (χ4n) is 5.75. The highest BCUT2D eigenvalue weighted by Gasteiger charge is 2.42. The van der Waals surface area contributed by atoms with Crippen LogP contribution in [-0.4, -0.2) is 62.0 Å². The van der Waals surface area contributed by atoms with Gasteiger partial charge >= 0.3 is 0 Å². The lowest BCUT2D eigenvalue weighted by molar-refractivity contribution is 0.0577. The van der Waals surface area contributed by atoms with Gasteiger partial charge in [-0.05, 0) is 48.7 Å². The number of fused-ring (bicyclic) bond motifs is 1. The minimum atomic E-state index is -0.404. The second-order valence-corrected chi connectivity index (χ2v) is 9.83. The van der Waals surface area contributed by atoms with E-state index in [1.165, 1.54) is 10.5 Å². The molecule has 1 fully saturated rings. The highest BCUT2D eigenvalue weighted by atomic mass is 16.5. The van der Waals surface area contributed by atoms with Crippen LogP contribution in [0.1, 0.15) is 64.2 Å². The summed E-state index contributed by atoms with van der Waals surface area (Å²) in [5.41, 5.74) is 3.98.